The number of benzene rings is 1. The summed E-state index contributed by atoms with van der Waals surface area (Å²) in [5.41, 5.74) is 2.08. The summed E-state index contributed by atoms with van der Waals surface area (Å²) >= 11 is 0. The minimum absolute atomic E-state index is 0.162. The lowest BCUT2D eigenvalue weighted by Crippen LogP contribution is -2.24. The molecule has 1 atom stereocenters. The average molecular weight is 410 g/mol. The first-order chi connectivity index (χ1) is 14.6. The van der Waals surface area contributed by atoms with Crippen LogP contribution < -0.4 is 4.90 Å². The zero-order chi connectivity index (χ0) is 21.1. The molecule has 4 rings (SSSR count). The Hall–Kier alpha value is -3.36. The maximum atomic E-state index is 14.8. The van der Waals surface area contributed by atoms with Gasteiger partial charge in [0.05, 0.1) is 18.8 Å². The smallest absolute Gasteiger partial charge is 0.414 e. The normalized spacial score (nSPS) is 16.2. The largest absolute Gasteiger partial charge is 0.444 e. The Morgan fingerprint density at radius 1 is 1.23 bits per heavy atom. The Kier molecular flexibility index (Phi) is 5.69. The maximum Gasteiger partial charge on any atom is 0.414 e. The second-order valence-electron chi connectivity index (χ2n) is 7.18. The number of tetrazole rings is 1. The topological polar surface area (TPSA) is 86.0 Å². The second kappa shape index (κ2) is 8.56. The Labute approximate surface area is 173 Å². The summed E-state index contributed by atoms with van der Waals surface area (Å²) in [4.78, 5) is 19.4. The van der Waals surface area contributed by atoms with E-state index in [-0.39, 0.29) is 6.10 Å². The van der Waals surface area contributed by atoms with Gasteiger partial charge in [-0.3, -0.25) is 9.88 Å². The fourth-order valence-corrected chi connectivity index (χ4v) is 3.28. The molecule has 3 heterocycles. The van der Waals surface area contributed by atoms with Crippen LogP contribution in [-0.4, -0.2) is 43.9 Å². The van der Waals surface area contributed by atoms with Gasteiger partial charge in [0.25, 0.3) is 0 Å². The molecule has 1 saturated heterocycles. The number of carbonyl (C=O) groups is 1. The molecule has 0 radical (unpaired) electrons. The van der Waals surface area contributed by atoms with Gasteiger partial charge in [0, 0.05) is 17.3 Å². The van der Waals surface area contributed by atoms with Crippen molar-refractivity contribution in [2.24, 2.45) is 0 Å². The van der Waals surface area contributed by atoms with Crippen LogP contribution in [0.25, 0.3) is 22.6 Å². The molecule has 1 aliphatic heterocycles. The lowest BCUT2D eigenvalue weighted by Gasteiger charge is -2.14. The monoisotopic (exact) mass is 410 g/mol. The van der Waals surface area contributed by atoms with E-state index in [0.717, 1.165) is 19.3 Å². The van der Waals surface area contributed by atoms with Gasteiger partial charge in [0.2, 0.25) is 5.82 Å². The van der Waals surface area contributed by atoms with Crippen LogP contribution in [0.3, 0.4) is 0 Å². The van der Waals surface area contributed by atoms with Crippen LogP contribution in [-0.2, 0) is 11.3 Å². The van der Waals surface area contributed by atoms with E-state index in [4.69, 9.17) is 4.74 Å². The number of nitrogens with zero attached hydrogens (tertiary/aromatic N) is 6. The summed E-state index contributed by atoms with van der Waals surface area (Å²) in [7, 11) is 0. The van der Waals surface area contributed by atoms with Crippen LogP contribution in [0.5, 0.6) is 0 Å². The molecule has 1 amide bonds. The number of hydrogen-bond donors (Lipinski definition) is 0. The van der Waals surface area contributed by atoms with Gasteiger partial charge < -0.3 is 4.74 Å². The number of unbranched alkanes of at least 4 members (excludes halogenated alkanes) is 1. The van der Waals surface area contributed by atoms with E-state index in [1.165, 1.54) is 11.0 Å². The van der Waals surface area contributed by atoms with Crippen LogP contribution in [0.4, 0.5) is 14.9 Å². The predicted molar refractivity (Wildman–Crippen MR) is 109 cm³/mol. The fourth-order valence-electron chi connectivity index (χ4n) is 3.28. The van der Waals surface area contributed by atoms with Crippen LogP contribution in [0, 0.1) is 5.82 Å². The van der Waals surface area contributed by atoms with E-state index in [1.807, 2.05) is 6.92 Å². The van der Waals surface area contributed by atoms with Crippen molar-refractivity contribution in [1.82, 2.24) is 25.2 Å². The molecule has 1 aliphatic rings. The maximum absolute atomic E-state index is 14.8. The second-order valence-corrected chi connectivity index (χ2v) is 7.18. The molecule has 1 fully saturated rings. The van der Waals surface area contributed by atoms with Crippen molar-refractivity contribution in [2.75, 3.05) is 11.4 Å². The van der Waals surface area contributed by atoms with Gasteiger partial charge in [-0.15, -0.1) is 10.2 Å². The van der Waals surface area contributed by atoms with Gasteiger partial charge in [-0.1, -0.05) is 26.3 Å². The number of amides is 1. The molecule has 8 nitrogen and oxygen atoms in total. The molecule has 1 aromatic carbocycles. The molecule has 0 unspecified atom stereocenters. The summed E-state index contributed by atoms with van der Waals surface area (Å²) in [5, 5.41) is 12.4. The average Bonchev–Trinajstić information content (AvgIpc) is 3.39. The number of ether oxygens (including phenoxy) is 1. The number of anilines is 1. The standard InChI is InChI=1S/C21H23FN6O2/c1-3-5-10-28-25-20(24-26-28)19-9-6-14(12-23-19)17-8-7-15(11-18(17)22)27-13-16(4-2)30-21(27)29/h6-9,11-12,16H,3-5,10,13H2,1-2H3/t16-/m0/s1. The highest BCUT2D eigenvalue weighted by atomic mass is 19.1. The SMILES string of the molecule is CCCCn1nnc(-c2ccc(-c3ccc(N4C[C@H](CC)OC4=O)cc3F)cn2)n1. The summed E-state index contributed by atoms with van der Waals surface area (Å²) in [6, 6.07) is 8.22. The lowest BCUT2D eigenvalue weighted by molar-refractivity contribution is 0.139. The van der Waals surface area contributed by atoms with E-state index in [9.17, 15) is 9.18 Å². The molecule has 0 N–H and O–H groups in total. The molecule has 0 aliphatic carbocycles. The molecular weight excluding hydrogens is 387 g/mol. The van der Waals surface area contributed by atoms with Crippen molar-refractivity contribution in [3.05, 3.63) is 42.3 Å². The quantitative estimate of drug-likeness (QED) is 0.583. The summed E-state index contributed by atoms with van der Waals surface area (Å²) in [6.45, 7) is 5.19. The lowest BCUT2D eigenvalue weighted by atomic mass is 10.1. The van der Waals surface area contributed by atoms with Crippen LogP contribution in [0.1, 0.15) is 33.1 Å². The van der Waals surface area contributed by atoms with Gasteiger partial charge in [0.15, 0.2) is 0 Å². The number of hydrogen-bond acceptors (Lipinski definition) is 6. The highest BCUT2D eigenvalue weighted by Crippen LogP contribution is 2.29. The predicted octanol–water partition coefficient (Wildman–Crippen LogP) is 4.08. The van der Waals surface area contributed by atoms with Gasteiger partial charge in [0.1, 0.15) is 17.6 Å². The number of carbonyl (C=O) groups excluding carboxylic acids is 1. The number of halogens is 1. The highest BCUT2D eigenvalue weighted by Gasteiger charge is 2.31. The molecule has 0 spiro atoms. The molecule has 3 aromatic rings. The first kappa shape index (κ1) is 19.9. The van der Waals surface area contributed by atoms with Crippen molar-refractivity contribution in [3.63, 3.8) is 0 Å². The van der Waals surface area contributed by atoms with E-state index in [2.05, 4.69) is 27.3 Å². The number of rotatable bonds is 7. The molecule has 2 aromatic heterocycles. The Bertz CT molecular complexity index is 1040. The number of cyclic esters (lactones) is 1. The summed E-state index contributed by atoms with van der Waals surface area (Å²) in [6.07, 6.45) is 3.72. The van der Waals surface area contributed by atoms with E-state index >= 15 is 0 Å². The van der Waals surface area contributed by atoms with Crippen LogP contribution >= 0.6 is 0 Å². The summed E-state index contributed by atoms with van der Waals surface area (Å²) < 4.78 is 20.0. The Morgan fingerprint density at radius 3 is 2.77 bits per heavy atom. The van der Waals surface area contributed by atoms with Crippen molar-refractivity contribution in [1.29, 1.82) is 0 Å². The fraction of sp³-hybridized carbons (Fsp3) is 0.381. The minimum Gasteiger partial charge on any atom is -0.444 e. The first-order valence-corrected chi connectivity index (χ1v) is 10.1. The number of aromatic nitrogens is 5. The zero-order valence-corrected chi connectivity index (χ0v) is 17.0. The minimum atomic E-state index is -0.445. The number of aryl methyl sites for hydroxylation is 1. The molecule has 30 heavy (non-hydrogen) atoms. The van der Waals surface area contributed by atoms with Crippen molar-refractivity contribution >= 4 is 11.8 Å². The molecule has 0 bridgehead atoms. The van der Waals surface area contributed by atoms with Crippen molar-refractivity contribution in [3.8, 4) is 22.6 Å². The van der Waals surface area contributed by atoms with Gasteiger partial charge >= 0.3 is 6.09 Å². The van der Waals surface area contributed by atoms with E-state index in [1.54, 1.807) is 35.3 Å². The van der Waals surface area contributed by atoms with Gasteiger partial charge in [-0.05, 0) is 42.3 Å². The Balaban J connectivity index is 1.52. The highest BCUT2D eigenvalue weighted by molar-refractivity contribution is 5.90. The molecule has 0 saturated carbocycles. The van der Waals surface area contributed by atoms with Crippen molar-refractivity contribution in [2.45, 2.75) is 45.8 Å². The van der Waals surface area contributed by atoms with E-state index < -0.39 is 11.9 Å². The van der Waals surface area contributed by atoms with E-state index in [0.29, 0.717) is 41.4 Å². The third-order valence-electron chi connectivity index (χ3n) is 5.06. The van der Waals surface area contributed by atoms with Crippen molar-refractivity contribution < 1.29 is 13.9 Å². The van der Waals surface area contributed by atoms with Crippen LogP contribution in [0.15, 0.2) is 36.5 Å². The number of pyridine rings is 1. The Morgan fingerprint density at radius 2 is 2.10 bits per heavy atom. The molecule has 156 valence electrons. The summed E-state index contributed by atoms with van der Waals surface area (Å²) in [5.74, 6) is 0.00457. The third kappa shape index (κ3) is 4.00. The first-order valence-electron chi connectivity index (χ1n) is 10.1. The van der Waals surface area contributed by atoms with Gasteiger partial charge in [-0.2, -0.15) is 4.80 Å². The molecule has 9 heteroatoms. The van der Waals surface area contributed by atoms with Crippen LogP contribution in [0.2, 0.25) is 0 Å². The third-order valence-corrected chi connectivity index (χ3v) is 5.06. The zero-order valence-electron chi connectivity index (χ0n) is 17.0. The molecular formula is C21H23FN6O2. The van der Waals surface area contributed by atoms with Gasteiger partial charge in [-0.25, -0.2) is 9.18 Å².